The minimum Gasteiger partial charge on any atom is -0.350 e. The van der Waals surface area contributed by atoms with E-state index in [4.69, 9.17) is 5.73 Å². The van der Waals surface area contributed by atoms with Crippen LogP contribution in [0, 0.1) is 6.92 Å². The number of urea groups is 1. The van der Waals surface area contributed by atoms with Gasteiger partial charge in [0, 0.05) is 0 Å². The summed E-state index contributed by atoms with van der Waals surface area (Å²) in [5, 5.41) is 0. The van der Waals surface area contributed by atoms with E-state index in [0.717, 1.165) is 6.33 Å². The van der Waals surface area contributed by atoms with E-state index in [-0.39, 0.29) is 16.7 Å². The number of sulfonamides is 1. The van der Waals surface area contributed by atoms with Crippen molar-refractivity contribution < 1.29 is 13.2 Å². The molecule has 0 unspecified atom stereocenters. The quantitative estimate of drug-likeness (QED) is 0.877. The van der Waals surface area contributed by atoms with Crippen molar-refractivity contribution in [1.82, 2.24) is 15.0 Å². The Balaban J connectivity index is 2.58. The molecule has 20 heavy (non-hydrogen) atoms. The molecule has 8 nitrogen and oxygen atoms in total. The highest BCUT2D eigenvalue weighted by atomic mass is 32.2. The van der Waals surface area contributed by atoms with Crippen LogP contribution in [0.1, 0.15) is 5.82 Å². The lowest BCUT2D eigenvalue weighted by Crippen LogP contribution is -2.42. The lowest BCUT2D eigenvalue weighted by Gasteiger charge is -2.18. The Morgan fingerprint density at radius 2 is 1.85 bits per heavy atom. The second kappa shape index (κ2) is 5.21. The van der Waals surface area contributed by atoms with Gasteiger partial charge in [0.1, 0.15) is 12.2 Å². The number of benzene rings is 1. The molecule has 0 radical (unpaired) electrons. The summed E-state index contributed by atoms with van der Waals surface area (Å²) >= 11 is 0. The predicted molar refractivity (Wildman–Crippen MR) is 70.3 cm³/mol. The van der Waals surface area contributed by atoms with Gasteiger partial charge in [0.25, 0.3) is 16.0 Å². The number of carbonyl (C=O) groups excluding carboxylic acids is 1. The van der Waals surface area contributed by atoms with Gasteiger partial charge in [0.15, 0.2) is 0 Å². The molecule has 0 atom stereocenters. The number of anilines is 1. The molecule has 0 saturated heterocycles. The number of carbonyl (C=O) groups is 1. The maximum absolute atomic E-state index is 12.4. The van der Waals surface area contributed by atoms with Crippen molar-refractivity contribution in [2.24, 2.45) is 5.73 Å². The molecular formula is C11H11N5O3S. The number of nitrogens with zero attached hydrogens (tertiary/aromatic N) is 4. The topological polar surface area (TPSA) is 119 Å². The van der Waals surface area contributed by atoms with E-state index in [2.05, 4.69) is 15.0 Å². The molecule has 0 spiro atoms. The average molecular weight is 293 g/mol. The molecule has 0 aliphatic rings. The second-order valence-electron chi connectivity index (χ2n) is 3.75. The number of aryl methyl sites for hydroxylation is 1. The van der Waals surface area contributed by atoms with E-state index >= 15 is 0 Å². The van der Waals surface area contributed by atoms with Gasteiger partial charge in [0.05, 0.1) is 4.90 Å². The number of aromatic nitrogens is 3. The fraction of sp³-hybridized carbons (Fsp3) is 0.0909. The van der Waals surface area contributed by atoms with Crippen molar-refractivity contribution in [2.45, 2.75) is 11.8 Å². The molecule has 2 aromatic rings. The molecule has 2 rings (SSSR count). The first kappa shape index (κ1) is 13.9. The van der Waals surface area contributed by atoms with E-state index in [1.165, 1.54) is 24.3 Å². The fourth-order valence-corrected chi connectivity index (χ4v) is 2.74. The molecule has 2 amide bonds. The number of nitrogens with two attached hydrogens (primary N) is 1. The Bertz CT molecular complexity index is 733. The number of hydrogen-bond donors (Lipinski definition) is 1. The molecule has 1 heterocycles. The predicted octanol–water partition coefficient (Wildman–Crippen LogP) is 0.454. The van der Waals surface area contributed by atoms with Gasteiger partial charge in [-0.15, -0.1) is 4.31 Å². The van der Waals surface area contributed by atoms with Crippen LogP contribution in [-0.4, -0.2) is 29.4 Å². The summed E-state index contributed by atoms with van der Waals surface area (Å²) in [6.45, 7) is 1.54. The maximum Gasteiger partial charge on any atom is 0.336 e. The van der Waals surface area contributed by atoms with E-state index < -0.39 is 16.1 Å². The number of primary amides is 1. The third-order valence-electron chi connectivity index (χ3n) is 2.34. The van der Waals surface area contributed by atoms with Crippen LogP contribution in [0.3, 0.4) is 0 Å². The molecule has 0 aliphatic heterocycles. The molecular weight excluding hydrogens is 282 g/mol. The van der Waals surface area contributed by atoms with Crippen molar-refractivity contribution in [3.05, 3.63) is 42.5 Å². The highest BCUT2D eigenvalue weighted by molar-refractivity contribution is 7.93. The molecule has 1 aromatic carbocycles. The van der Waals surface area contributed by atoms with Gasteiger partial charge in [-0.2, -0.15) is 9.97 Å². The number of rotatable bonds is 3. The van der Waals surface area contributed by atoms with Gasteiger partial charge in [-0.1, -0.05) is 18.2 Å². The first-order valence-corrected chi connectivity index (χ1v) is 6.92. The van der Waals surface area contributed by atoms with Crippen LogP contribution >= 0.6 is 0 Å². The summed E-state index contributed by atoms with van der Waals surface area (Å²) in [4.78, 5) is 22.6. The molecule has 0 aliphatic carbocycles. The first-order chi connectivity index (χ1) is 9.43. The van der Waals surface area contributed by atoms with Crippen LogP contribution in [-0.2, 0) is 10.0 Å². The normalized spacial score (nSPS) is 11.1. The van der Waals surface area contributed by atoms with E-state index in [9.17, 15) is 13.2 Å². The van der Waals surface area contributed by atoms with Gasteiger partial charge in [-0.25, -0.2) is 18.2 Å². The second-order valence-corrected chi connectivity index (χ2v) is 5.54. The largest absolute Gasteiger partial charge is 0.350 e. The third-order valence-corrected chi connectivity index (χ3v) is 4.03. The average Bonchev–Trinajstić information content (AvgIpc) is 2.39. The molecule has 2 N–H and O–H groups in total. The monoisotopic (exact) mass is 293 g/mol. The van der Waals surface area contributed by atoms with Crippen molar-refractivity contribution in [1.29, 1.82) is 0 Å². The van der Waals surface area contributed by atoms with Gasteiger partial charge in [0.2, 0.25) is 0 Å². The fourth-order valence-electron chi connectivity index (χ4n) is 1.49. The Hall–Kier alpha value is -2.55. The van der Waals surface area contributed by atoms with Crippen LogP contribution in [0.4, 0.5) is 10.7 Å². The van der Waals surface area contributed by atoms with Crippen LogP contribution in [0.5, 0.6) is 0 Å². The molecule has 0 bridgehead atoms. The summed E-state index contributed by atoms with van der Waals surface area (Å²) in [7, 11) is -4.16. The maximum atomic E-state index is 12.4. The van der Waals surface area contributed by atoms with Gasteiger partial charge >= 0.3 is 6.03 Å². The third kappa shape index (κ3) is 2.57. The zero-order valence-corrected chi connectivity index (χ0v) is 11.3. The SMILES string of the molecule is Cc1ncnc(N(C(N)=O)S(=O)(=O)c2ccccc2)n1. The molecule has 0 saturated carbocycles. The first-order valence-electron chi connectivity index (χ1n) is 5.48. The number of hydrogen-bond acceptors (Lipinski definition) is 6. The Labute approximate surface area is 115 Å². The minimum atomic E-state index is -4.16. The van der Waals surface area contributed by atoms with Crippen LogP contribution in [0.15, 0.2) is 41.6 Å². The molecule has 104 valence electrons. The summed E-state index contributed by atoms with van der Waals surface area (Å²) in [6, 6.07) is 6.22. The van der Waals surface area contributed by atoms with E-state index in [1.807, 2.05) is 0 Å². The standard InChI is InChI=1S/C11H11N5O3S/c1-8-13-7-14-11(15-8)16(10(12)17)20(18,19)9-5-3-2-4-6-9/h2-7H,1H3,(H2,12,17). The molecule has 0 fully saturated rings. The Kier molecular flexibility index (Phi) is 3.61. The van der Waals surface area contributed by atoms with Crippen LogP contribution in [0.25, 0.3) is 0 Å². The van der Waals surface area contributed by atoms with E-state index in [0.29, 0.717) is 4.31 Å². The van der Waals surface area contributed by atoms with E-state index in [1.54, 1.807) is 13.0 Å². The zero-order valence-electron chi connectivity index (χ0n) is 10.5. The lowest BCUT2D eigenvalue weighted by molar-refractivity contribution is 0.256. The molecule has 1 aromatic heterocycles. The van der Waals surface area contributed by atoms with Gasteiger partial charge in [-0.3, -0.25) is 0 Å². The van der Waals surface area contributed by atoms with Crippen LogP contribution in [0.2, 0.25) is 0 Å². The lowest BCUT2D eigenvalue weighted by atomic mass is 10.4. The van der Waals surface area contributed by atoms with Gasteiger partial charge < -0.3 is 5.73 Å². The summed E-state index contributed by atoms with van der Waals surface area (Å²) < 4.78 is 25.2. The highest BCUT2D eigenvalue weighted by Gasteiger charge is 2.31. The van der Waals surface area contributed by atoms with Crippen molar-refractivity contribution in [3.8, 4) is 0 Å². The molecule has 9 heteroatoms. The Morgan fingerprint density at radius 3 is 2.40 bits per heavy atom. The zero-order chi connectivity index (χ0) is 14.8. The summed E-state index contributed by atoms with van der Waals surface area (Å²) in [6.07, 6.45) is 1.11. The van der Waals surface area contributed by atoms with Gasteiger partial charge in [-0.05, 0) is 19.1 Å². The number of amides is 2. The van der Waals surface area contributed by atoms with Crippen LogP contribution < -0.4 is 10.0 Å². The summed E-state index contributed by atoms with van der Waals surface area (Å²) in [5.41, 5.74) is 5.15. The Morgan fingerprint density at radius 1 is 1.20 bits per heavy atom. The van der Waals surface area contributed by atoms with Crippen molar-refractivity contribution >= 4 is 22.0 Å². The highest BCUT2D eigenvalue weighted by Crippen LogP contribution is 2.19. The van der Waals surface area contributed by atoms with Crippen molar-refractivity contribution in [2.75, 3.05) is 4.31 Å². The minimum absolute atomic E-state index is 0.0862. The smallest absolute Gasteiger partial charge is 0.336 e. The van der Waals surface area contributed by atoms with Crippen molar-refractivity contribution in [3.63, 3.8) is 0 Å². The summed E-state index contributed by atoms with van der Waals surface area (Å²) in [5.74, 6) is -0.0710.